The molecule has 0 saturated carbocycles. The molecule has 0 aromatic rings. The summed E-state index contributed by atoms with van der Waals surface area (Å²) >= 11 is 1.58. The second-order valence-electron chi connectivity index (χ2n) is 8.12. The summed E-state index contributed by atoms with van der Waals surface area (Å²) in [5.41, 5.74) is 0. The molecule has 0 bridgehead atoms. The zero-order valence-electron chi connectivity index (χ0n) is 18.0. The number of nitrogens with zero attached hydrogens (tertiary/aromatic N) is 1. The number of rotatable bonds is 18. The van der Waals surface area contributed by atoms with Crippen LogP contribution in [0, 0.1) is 0 Å². The first-order valence-corrected chi connectivity index (χ1v) is 12.7. The molecule has 0 aromatic heterocycles. The highest BCUT2D eigenvalue weighted by Gasteiger charge is 2.10. The van der Waals surface area contributed by atoms with Gasteiger partial charge in [0.25, 0.3) is 0 Å². The molecule has 1 rings (SSSR count). The van der Waals surface area contributed by atoms with Crippen molar-refractivity contribution >= 4 is 40.9 Å². The van der Waals surface area contributed by atoms with Crippen LogP contribution in [0.2, 0.25) is 0 Å². The smallest absolute Gasteiger partial charge is 0.188 e. The number of carbonyl (C=O) groups excluding carboxylic acids is 1. The summed E-state index contributed by atoms with van der Waals surface area (Å²) in [4.78, 5) is 14.4. The van der Waals surface area contributed by atoms with Crippen LogP contribution >= 0.6 is 35.7 Å². The zero-order valence-corrected chi connectivity index (χ0v) is 21.2. The predicted octanol–water partition coefficient (Wildman–Crippen LogP) is 7.83. The molecule has 0 aromatic carbocycles. The van der Waals surface area contributed by atoms with Crippen LogP contribution in [0.3, 0.4) is 0 Å². The molecule has 0 unspecified atom stereocenters. The monoisotopic (exact) mass is 511 g/mol. The van der Waals surface area contributed by atoms with E-state index in [0.29, 0.717) is 5.12 Å². The van der Waals surface area contributed by atoms with E-state index >= 15 is 0 Å². The molecule has 0 N–H and O–H groups in total. The van der Waals surface area contributed by atoms with Gasteiger partial charge >= 0.3 is 0 Å². The van der Waals surface area contributed by atoms with Gasteiger partial charge in [0.15, 0.2) is 5.12 Å². The Labute approximate surface area is 191 Å². The number of carbonyl (C=O) groups is 1. The Hall–Kier alpha value is 0.710. The van der Waals surface area contributed by atoms with E-state index in [1.165, 1.54) is 116 Å². The standard InChI is InChI=1S/C23H45NOS.HI/c1-2-3-4-5-6-7-8-9-10-11-12-13-14-18-23(25)26-22-17-21-24-19-15-16-20-24;/h2-22H2,1H3;1H. The predicted molar refractivity (Wildman–Crippen MR) is 133 cm³/mol. The summed E-state index contributed by atoms with van der Waals surface area (Å²) in [6.07, 6.45) is 22.5. The minimum atomic E-state index is 0. The molecular formula is C23H46INOS. The van der Waals surface area contributed by atoms with Crippen molar-refractivity contribution in [2.45, 2.75) is 116 Å². The number of hydrogen-bond donors (Lipinski definition) is 0. The minimum absolute atomic E-state index is 0. The molecule has 0 radical (unpaired) electrons. The van der Waals surface area contributed by atoms with Crippen LogP contribution < -0.4 is 0 Å². The highest BCUT2D eigenvalue weighted by Crippen LogP contribution is 2.15. The van der Waals surface area contributed by atoms with Gasteiger partial charge in [-0.25, -0.2) is 0 Å². The molecule has 0 aliphatic carbocycles. The molecule has 1 aliphatic rings. The fraction of sp³-hybridized carbons (Fsp3) is 0.957. The van der Waals surface area contributed by atoms with Gasteiger partial charge in [0.2, 0.25) is 0 Å². The van der Waals surface area contributed by atoms with Crippen LogP contribution in [0.1, 0.15) is 116 Å². The summed E-state index contributed by atoms with van der Waals surface area (Å²) < 4.78 is 0. The van der Waals surface area contributed by atoms with Gasteiger partial charge in [0.1, 0.15) is 0 Å². The van der Waals surface area contributed by atoms with Crippen molar-refractivity contribution in [2.24, 2.45) is 0 Å². The minimum Gasteiger partial charge on any atom is -0.303 e. The normalized spacial score (nSPS) is 14.4. The maximum absolute atomic E-state index is 11.9. The van der Waals surface area contributed by atoms with E-state index in [4.69, 9.17) is 0 Å². The van der Waals surface area contributed by atoms with Crippen molar-refractivity contribution < 1.29 is 4.79 Å². The summed E-state index contributed by atoms with van der Waals surface area (Å²) in [5.74, 6) is 1.02. The van der Waals surface area contributed by atoms with Crippen molar-refractivity contribution in [3.05, 3.63) is 0 Å². The van der Waals surface area contributed by atoms with E-state index in [1.807, 2.05) is 0 Å². The topological polar surface area (TPSA) is 20.3 Å². The Balaban J connectivity index is 0.00000676. The first-order chi connectivity index (χ1) is 12.8. The SMILES string of the molecule is CCCCCCCCCCCCCCCC(=O)SCCCN1CCCC1.I. The second kappa shape index (κ2) is 21.4. The molecule has 162 valence electrons. The Kier molecular flexibility index (Phi) is 22.0. The molecule has 0 amide bonds. The lowest BCUT2D eigenvalue weighted by Crippen LogP contribution is -2.20. The van der Waals surface area contributed by atoms with E-state index < -0.39 is 0 Å². The van der Waals surface area contributed by atoms with Crippen molar-refractivity contribution in [2.75, 3.05) is 25.4 Å². The third kappa shape index (κ3) is 18.5. The van der Waals surface area contributed by atoms with E-state index in [0.717, 1.165) is 18.6 Å². The summed E-state index contributed by atoms with van der Waals surface area (Å²) in [6, 6.07) is 0. The molecule has 0 spiro atoms. The molecular weight excluding hydrogens is 465 g/mol. The molecule has 1 fully saturated rings. The Morgan fingerprint density at radius 3 is 1.74 bits per heavy atom. The van der Waals surface area contributed by atoms with Gasteiger partial charge in [-0.2, -0.15) is 0 Å². The third-order valence-corrected chi connectivity index (χ3v) is 6.58. The lowest BCUT2D eigenvalue weighted by Gasteiger charge is -2.13. The summed E-state index contributed by atoms with van der Waals surface area (Å²) in [6.45, 7) is 6.03. The molecule has 4 heteroatoms. The second-order valence-corrected chi connectivity index (χ2v) is 9.27. The molecule has 1 heterocycles. The van der Waals surface area contributed by atoms with Crippen molar-refractivity contribution in [1.82, 2.24) is 4.90 Å². The molecule has 1 aliphatic heterocycles. The first-order valence-electron chi connectivity index (χ1n) is 11.7. The maximum atomic E-state index is 11.9. The molecule has 27 heavy (non-hydrogen) atoms. The summed E-state index contributed by atoms with van der Waals surface area (Å²) in [7, 11) is 0. The molecule has 1 saturated heterocycles. The zero-order chi connectivity index (χ0) is 18.7. The van der Waals surface area contributed by atoms with E-state index in [2.05, 4.69) is 11.8 Å². The van der Waals surface area contributed by atoms with Gasteiger partial charge in [-0.05, 0) is 45.3 Å². The van der Waals surface area contributed by atoms with E-state index in [9.17, 15) is 4.79 Å². The van der Waals surface area contributed by atoms with Gasteiger partial charge in [0.05, 0.1) is 0 Å². The van der Waals surface area contributed by atoms with E-state index in [-0.39, 0.29) is 24.0 Å². The van der Waals surface area contributed by atoms with Crippen LogP contribution in [0.4, 0.5) is 0 Å². The van der Waals surface area contributed by atoms with Gasteiger partial charge < -0.3 is 4.90 Å². The van der Waals surface area contributed by atoms with Crippen LogP contribution in [-0.2, 0) is 4.79 Å². The largest absolute Gasteiger partial charge is 0.303 e. The van der Waals surface area contributed by atoms with Crippen LogP contribution in [0.25, 0.3) is 0 Å². The molecule has 0 atom stereocenters. The molecule has 2 nitrogen and oxygen atoms in total. The Morgan fingerprint density at radius 1 is 0.741 bits per heavy atom. The lowest BCUT2D eigenvalue weighted by atomic mass is 10.0. The Bertz CT molecular complexity index is 322. The fourth-order valence-electron chi connectivity index (χ4n) is 3.84. The number of unbranched alkanes of at least 4 members (excludes halogenated alkanes) is 12. The number of halogens is 1. The van der Waals surface area contributed by atoms with Gasteiger partial charge in [-0.15, -0.1) is 24.0 Å². The fourth-order valence-corrected chi connectivity index (χ4v) is 4.63. The third-order valence-electron chi connectivity index (χ3n) is 5.56. The van der Waals surface area contributed by atoms with Crippen molar-refractivity contribution in [1.29, 1.82) is 0 Å². The summed E-state index contributed by atoms with van der Waals surface area (Å²) in [5, 5.41) is 0.425. The first kappa shape index (κ1) is 27.7. The number of hydrogen-bond acceptors (Lipinski definition) is 3. The van der Waals surface area contributed by atoms with Crippen molar-refractivity contribution in [3.8, 4) is 0 Å². The van der Waals surface area contributed by atoms with Crippen LogP contribution in [0.15, 0.2) is 0 Å². The average molecular weight is 512 g/mol. The van der Waals surface area contributed by atoms with Gasteiger partial charge in [-0.1, -0.05) is 95.7 Å². The quantitative estimate of drug-likeness (QED) is 0.138. The van der Waals surface area contributed by atoms with Gasteiger partial charge in [-0.3, -0.25) is 4.79 Å². The maximum Gasteiger partial charge on any atom is 0.188 e. The highest BCUT2D eigenvalue weighted by molar-refractivity contribution is 14.0. The number of thioether (sulfide) groups is 1. The Morgan fingerprint density at radius 2 is 1.22 bits per heavy atom. The van der Waals surface area contributed by atoms with Crippen LogP contribution in [0.5, 0.6) is 0 Å². The van der Waals surface area contributed by atoms with Gasteiger partial charge in [0, 0.05) is 12.2 Å². The lowest BCUT2D eigenvalue weighted by molar-refractivity contribution is -0.111. The average Bonchev–Trinajstić information content (AvgIpc) is 3.16. The number of likely N-dealkylation sites (tertiary alicyclic amines) is 1. The highest BCUT2D eigenvalue weighted by atomic mass is 127. The van der Waals surface area contributed by atoms with Crippen molar-refractivity contribution in [3.63, 3.8) is 0 Å². The van der Waals surface area contributed by atoms with E-state index in [1.54, 1.807) is 11.8 Å². The van der Waals surface area contributed by atoms with Crippen LogP contribution in [-0.4, -0.2) is 35.4 Å².